The summed E-state index contributed by atoms with van der Waals surface area (Å²) >= 11 is 5.39. The summed E-state index contributed by atoms with van der Waals surface area (Å²) in [4.78, 5) is 14.4. The maximum absolute atomic E-state index is 12.9. The first-order valence-electron chi connectivity index (χ1n) is 9.03. The van der Waals surface area contributed by atoms with Gasteiger partial charge < -0.3 is 9.88 Å². The minimum Gasteiger partial charge on any atom is -0.344 e. The van der Waals surface area contributed by atoms with Crippen LogP contribution in [0.4, 0.5) is 5.69 Å². The number of nitrogens with one attached hydrogen (secondary N) is 1. The Morgan fingerprint density at radius 1 is 0.893 bits per heavy atom. The summed E-state index contributed by atoms with van der Waals surface area (Å²) in [6, 6.07) is 24.0. The molecule has 0 saturated carbocycles. The van der Waals surface area contributed by atoms with Crippen LogP contribution in [-0.4, -0.2) is 15.6 Å². The fraction of sp³-hybridized carbons (Fsp3) is 0.0435. The molecule has 4 nitrogen and oxygen atoms in total. The molecule has 4 aromatic rings. The molecule has 1 aliphatic rings. The van der Waals surface area contributed by atoms with Crippen molar-refractivity contribution in [2.75, 3.05) is 4.90 Å². The van der Waals surface area contributed by atoms with Crippen molar-refractivity contribution in [2.45, 2.75) is 0 Å². The molecule has 1 saturated heterocycles. The first-order valence-corrected chi connectivity index (χ1v) is 9.44. The second kappa shape index (κ2) is 6.32. The lowest BCUT2D eigenvalue weighted by Crippen LogP contribution is -2.30. The Morgan fingerprint density at radius 3 is 2.43 bits per heavy atom. The van der Waals surface area contributed by atoms with E-state index in [-0.39, 0.29) is 5.91 Å². The standard InChI is InChI=1S/C23H17N3OS/c1-25-20-10-6-5-9-17(20)18-13-15(11-12-21(18)25)14-19-22(27)26(23(28)24-19)16-7-3-2-4-8-16/h2-14H,1H3,(H,24,28)/b19-14+. The molecule has 2 heterocycles. The number of amides is 1. The summed E-state index contributed by atoms with van der Waals surface area (Å²) in [5.74, 6) is -0.144. The molecule has 1 N–H and O–H groups in total. The number of rotatable bonds is 2. The van der Waals surface area contributed by atoms with Gasteiger partial charge in [-0.05, 0) is 54.2 Å². The van der Waals surface area contributed by atoms with Crippen molar-refractivity contribution in [2.24, 2.45) is 7.05 Å². The third-order valence-corrected chi connectivity index (χ3v) is 5.43. The van der Waals surface area contributed by atoms with Gasteiger partial charge in [-0.1, -0.05) is 42.5 Å². The molecule has 1 aliphatic heterocycles. The Labute approximate surface area is 167 Å². The number of carbonyl (C=O) groups is 1. The van der Waals surface area contributed by atoms with Crippen LogP contribution in [0.1, 0.15) is 5.56 Å². The smallest absolute Gasteiger partial charge is 0.281 e. The number of anilines is 1. The van der Waals surface area contributed by atoms with Gasteiger partial charge in [0.1, 0.15) is 5.70 Å². The van der Waals surface area contributed by atoms with Crippen molar-refractivity contribution in [3.05, 3.63) is 84.1 Å². The molecule has 1 amide bonds. The third kappa shape index (κ3) is 2.52. The third-order valence-electron chi connectivity index (χ3n) is 5.14. The molecule has 5 heteroatoms. The van der Waals surface area contributed by atoms with Gasteiger partial charge in [0.05, 0.1) is 5.69 Å². The monoisotopic (exact) mass is 383 g/mol. The van der Waals surface area contributed by atoms with Gasteiger partial charge in [0.15, 0.2) is 5.11 Å². The van der Waals surface area contributed by atoms with Gasteiger partial charge in [-0.25, -0.2) is 0 Å². The zero-order valence-corrected chi connectivity index (χ0v) is 16.0. The van der Waals surface area contributed by atoms with Crippen molar-refractivity contribution in [1.29, 1.82) is 0 Å². The van der Waals surface area contributed by atoms with Crippen LogP contribution >= 0.6 is 12.2 Å². The predicted molar refractivity (Wildman–Crippen MR) is 118 cm³/mol. The second-order valence-corrected chi connectivity index (χ2v) is 7.20. The van der Waals surface area contributed by atoms with E-state index in [0.717, 1.165) is 16.8 Å². The summed E-state index contributed by atoms with van der Waals surface area (Å²) in [7, 11) is 2.07. The average Bonchev–Trinajstić information content (AvgIpc) is 3.16. The predicted octanol–water partition coefficient (Wildman–Crippen LogP) is 4.59. The molecule has 5 rings (SSSR count). The Morgan fingerprint density at radius 2 is 1.61 bits per heavy atom. The summed E-state index contributed by atoms with van der Waals surface area (Å²) in [6.07, 6.45) is 1.86. The topological polar surface area (TPSA) is 37.3 Å². The maximum Gasteiger partial charge on any atom is 0.281 e. The molecule has 0 radical (unpaired) electrons. The Hall–Kier alpha value is -3.44. The van der Waals surface area contributed by atoms with Crippen LogP contribution in [-0.2, 0) is 11.8 Å². The van der Waals surface area contributed by atoms with Gasteiger partial charge in [-0.2, -0.15) is 0 Å². The van der Waals surface area contributed by atoms with E-state index < -0.39 is 0 Å². The summed E-state index contributed by atoms with van der Waals surface area (Å²) in [5, 5.41) is 5.82. The van der Waals surface area contributed by atoms with Crippen LogP contribution in [0.15, 0.2) is 78.5 Å². The minimum atomic E-state index is -0.144. The summed E-state index contributed by atoms with van der Waals surface area (Å²) in [5.41, 5.74) is 4.55. The lowest BCUT2D eigenvalue weighted by molar-refractivity contribution is -0.113. The van der Waals surface area contributed by atoms with Crippen LogP contribution in [0.25, 0.3) is 27.9 Å². The van der Waals surface area contributed by atoms with E-state index in [0.29, 0.717) is 10.8 Å². The number of thiocarbonyl (C=S) groups is 1. The highest BCUT2D eigenvalue weighted by molar-refractivity contribution is 7.80. The van der Waals surface area contributed by atoms with E-state index in [4.69, 9.17) is 12.2 Å². The number of para-hydroxylation sites is 2. The lowest BCUT2D eigenvalue weighted by Gasteiger charge is -2.13. The number of fused-ring (bicyclic) bond motifs is 3. The molecule has 1 aromatic heterocycles. The molecule has 3 aromatic carbocycles. The molecule has 28 heavy (non-hydrogen) atoms. The van der Waals surface area contributed by atoms with Crippen LogP contribution < -0.4 is 10.2 Å². The summed E-state index contributed by atoms with van der Waals surface area (Å²) in [6.45, 7) is 0. The molecule has 0 unspecified atom stereocenters. The van der Waals surface area contributed by atoms with E-state index in [9.17, 15) is 4.79 Å². The number of aromatic nitrogens is 1. The lowest BCUT2D eigenvalue weighted by atomic mass is 10.1. The number of aryl methyl sites for hydroxylation is 1. The highest BCUT2D eigenvalue weighted by Crippen LogP contribution is 2.30. The van der Waals surface area contributed by atoms with E-state index in [2.05, 4.69) is 41.2 Å². The molecule has 1 fully saturated rings. The minimum absolute atomic E-state index is 0.144. The van der Waals surface area contributed by atoms with Crippen LogP contribution in [0.5, 0.6) is 0 Å². The van der Waals surface area contributed by atoms with Crippen LogP contribution in [0.2, 0.25) is 0 Å². The first-order chi connectivity index (χ1) is 13.6. The Kier molecular flexibility index (Phi) is 3.77. The van der Waals surface area contributed by atoms with E-state index in [1.807, 2.05) is 54.6 Å². The maximum atomic E-state index is 12.9. The molecule has 0 spiro atoms. The van der Waals surface area contributed by atoms with Crippen molar-refractivity contribution in [1.82, 2.24) is 9.88 Å². The zero-order valence-electron chi connectivity index (χ0n) is 15.2. The van der Waals surface area contributed by atoms with Gasteiger partial charge in [-0.3, -0.25) is 9.69 Å². The second-order valence-electron chi connectivity index (χ2n) is 6.82. The van der Waals surface area contributed by atoms with E-state index in [1.165, 1.54) is 21.2 Å². The van der Waals surface area contributed by atoms with Gasteiger partial charge in [0.2, 0.25) is 0 Å². The van der Waals surface area contributed by atoms with Gasteiger partial charge >= 0.3 is 0 Å². The fourth-order valence-corrected chi connectivity index (χ4v) is 4.09. The quantitative estimate of drug-likeness (QED) is 0.406. The average molecular weight is 383 g/mol. The van der Waals surface area contributed by atoms with Crippen molar-refractivity contribution in [3.8, 4) is 0 Å². The number of nitrogens with zero attached hydrogens (tertiary/aromatic N) is 2. The number of hydrogen-bond donors (Lipinski definition) is 1. The highest BCUT2D eigenvalue weighted by Gasteiger charge is 2.31. The highest BCUT2D eigenvalue weighted by atomic mass is 32.1. The van der Waals surface area contributed by atoms with Crippen LogP contribution in [0, 0.1) is 0 Å². The van der Waals surface area contributed by atoms with Gasteiger partial charge in [0, 0.05) is 28.9 Å². The molecule has 0 bridgehead atoms. The zero-order chi connectivity index (χ0) is 19.3. The van der Waals surface area contributed by atoms with Gasteiger partial charge in [-0.15, -0.1) is 0 Å². The number of carbonyl (C=O) groups excluding carboxylic acids is 1. The number of benzene rings is 3. The summed E-state index contributed by atoms with van der Waals surface area (Å²) < 4.78 is 2.19. The van der Waals surface area contributed by atoms with Crippen molar-refractivity contribution in [3.63, 3.8) is 0 Å². The van der Waals surface area contributed by atoms with Crippen molar-refractivity contribution >= 4 is 56.8 Å². The normalized spacial score (nSPS) is 15.8. The molecule has 136 valence electrons. The largest absolute Gasteiger partial charge is 0.344 e. The van der Waals surface area contributed by atoms with Crippen LogP contribution in [0.3, 0.4) is 0 Å². The molecular formula is C23H17N3OS. The molecule has 0 aliphatic carbocycles. The Balaban J connectivity index is 1.58. The molecule has 0 atom stereocenters. The van der Waals surface area contributed by atoms with Gasteiger partial charge in [0.25, 0.3) is 5.91 Å². The molecular weight excluding hydrogens is 366 g/mol. The van der Waals surface area contributed by atoms with E-state index >= 15 is 0 Å². The number of hydrogen-bond acceptors (Lipinski definition) is 2. The van der Waals surface area contributed by atoms with E-state index in [1.54, 1.807) is 0 Å². The fourth-order valence-electron chi connectivity index (χ4n) is 3.79. The Bertz CT molecular complexity index is 1290. The first kappa shape index (κ1) is 16.7. The SMILES string of the molecule is Cn1c2ccccc2c2cc(/C=C3/NC(=S)N(c4ccccc4)C3=O)ccc21. The van der Waals surface area contributed by atoms with Crippen molar-refractivity contribution < 1.29 is 4.79 Å².